The van der Waals surface area contributed by atoms with Gasteiger partial charge in [0.1, 0.15) is 0 Å². The van der Waals surface area contributed by atoms with Gasteiger partial charge in [-0.2, -0.15) is 0 Å². The minimum absolute atomic E-state index is 0.265. The summed E-state index contributed by atoms with van der Waals surface area (Å²) in [5.74, 6) is -0.289. The Labute approximate surface area is 103 Å². The quantitative estimate of drug-likeness (QED) is 0.851. The van der Waals surface area contributed by atoms with Crippen molar-refractivity contribution in [1.82, 2.24) is 10.2 Å². The zero-order valence-electron chi connectivity index (χ0n) is 9.52. The molecule has 0 aliphatic heterocycles. The molecule has 3 N–H and O–H groups in total. The smallest absolute Gasteiger partial charge is 0.286 e. The number of aryl methyl sites for hydroxylation is 2. The molecule has 0 saturated heterocycles. The molecule has 1 aromatic heterocycles. The van der Waals surface area contributed by atoms with Gasteiger partial charge in [-0.3, -0.25) is 4.79 Å². The molecule has 0 radical (unpaired) electrons. The molecular formula is C11H12N4OS. The van der Waals surface area contributed by atoms with Crippen molar-refractivity contribution in [1.29, 1.82) is 0 Å². The summed E-state index contributed by atoms with van der Waals surface area (Å²) in [6.45, 7) is 4.01. The Kier molecular flexibility index (Phi) is 3.06. The highest BCUT2D eigenvalue weighted by Gasteiger charge is 2.11. The van der Waals surface area contributed by atoms with Crippen LogP contribution in [0, 0.1) is 13.8 Å². The number of aromatic nitrogens is 2. The molecule has 1 amide bonds. The normalized spacial score (nSPS) is 10.2. The minimum Gasteiger partial charge on any atom is -0.374 e. The van der Waals surface area contributed by atoms with Gasteiger partial charge in [0.15, 0.2) is 0 Å². The Morgan fingerprint density at radius 2 is 2.06 bits per heavy atom. The van der Waals surface area contributed by atoms with E-state index in [-0.39, 0.29) is 16.0 Å². The molecule has 88 valence electrons. The van der Waals surface area contributed by atoms with Gasteiger partial charge >= 0.3 is 0 Å². The molecule has 1 aromatic carbocycles. The second kappa shape index (κ2) is 4.50. The van der Waals surface area contributed by atoms with E-state index < -0.39 is 0 Å². The van der Waals surface area contributed by atoms with Crippen molar-refractivity contribution in [2.45, 2.75) is 13.8 Å². The Balaban J connectivity index is 2.15. The Morgan fingerprint density at radius 3 is 2.65 bits per heavy atom. The van der Waals surface area contributed by atoms with E-state index in [4.69, 9.17) is 5.73 Å². The fourth-order valence-electron chi connectivity index (χ4n) is 1.33. The molecule has 1 heterocycles. The number of carbonyl (C=O) groups excluding carboxylic acids is 1. The molecule has 2 rings (SSSR count). The van der Waals surface area contributed by atoms with Crippen molar-refractivity contribution in [3.8, 4) is 0 Å². The van der Waals surface area contributed by atoms with Gasteiger partial charge in [0.25, 0.3) is 5.91 Å². The van der Waals surface area contributed by atoms with Crippen LogP contribution >= 0.6 is 11.3 Å². The van der Waals surface area contributed by atoms with Crippen LogP contribution in [-0.2, 0) is 0 Å². The highest BCUT2D eigenvalue weighted by molar-refractivity contribution is 7.16. The van der Waals surface area contributed by atoms with Crippen LogP contribution < -0.4 is 11.1 Å². The number of amides is 1. The third-order valence-electron chi connectivity index (χ3n) is 2.40. The number of rotatable bonds is 2. The first kappa shape index (κ1) is 11.5. The van der Waals surface area contributed by atoms with E-state index in [1.807, 2.05) is 32.0 Å². The first-order chi connectivity index (χ1) is 8.06. The summed E-state index contributed by atoms with van der Waals surface area (Å²) in [4.78, 5) is 11.8. The van der Waals surface area contributed by atoms with Crippen LogP contribution in [0.2, 0.25) is 0 Å². The second-order valence-electron chi connectivity index (χ2n) is 3.70. The molecule has 0 unspecified atom stereocenters. The monoisotopic (exact) mass is 248 g/mol. The van der Waals surface area contributed by atoms with E-state index in [0.717, 1.165) is 22.6 Å². The van der Waals surface area contributed by atoms with E-state index in [1.165, 1.54) is 5.56 Å². The summed E-state index contributed by atoms with van der Waals surface area (Å²) in [6.07, 6.45) is 0. The van der Waals surface area contributed by atoms with Gasteiger partial charge in [0, 0.05) is 5.69 Å². The number of nitrogens with zero attached hydrogens (tertiary/aromatic N) is 2. The first-order valence-corrected chi connectivity index (χ1v) is 5.85. The molecule has 0 bridgehead atoms. The molecule has 0 aliphatic rings. The number of nitrogen functional groups attached to an aromatic ring is 1. The van der Waals surface area contributed by atoms with Gasteiger partial charge in [0.05, 0.1) is 0 Å². The highest BCUT2D eigenvalue weighted by Crippen LogP contribution is 2.17. The molecule has 6 heteroatoms. The van der Waals surface area contributed by atoms with Gasteiger partial charge < -0.3 is 11.1 Å². The number of anilines is 2. The molecule has 0 spiro atoms. The molecule has 0 fully saturated rings. The molecule has 2 aromatic rings. The summed E-state index contributed by atoms with van der Waals surface area (Å²) in [7, 11) is 0. The van der Waals surface area contributed by atoms with Gasteiger partial charge in [-0.05, 0) is 37.1 Å². The fourth-order valence-corrected chi connectivity index (χ4v) is 1.84. The van der Waals surface area contributed by atoms with Crippen LogP contribution in [0.5, 0.6) is 0 Å². The average Bonchev–Trinajstić information content (AvgIpc) is 2.70. The molecule has 17 heavy (non-hydrogen) atoms. The predicted molar refractivity (Wildman–Crippen MR) is 68.2 cm³/mol. The summed E-state index contributed by atoms with van der Waals surface area (Å²) in [6, 6.07) is 5.72. The first-order valence-electron chi connectivity index (χ1n) is 5.04. The van der Waals surface area contributed by atoms with Crippen molar-refractivity contribution in [2.75, 3.05) is 11.1 Å². The summed E-state index contributed by atoms with van der Waals surface area (Å²) in [5, 5.41) is 10.6. The Hall–Kier alpha value is -1.95. The van der Waals surface area contributed by atoms with Crippen molar-refractivity contribution >= 4 is 28.1 Å². The maximum atomic E-state index is 11.8. The lowest BCUT2D eigenvalue weighted by Gasteiger charge is -2.05. The lowest BCUT2D eigenvalue weighted by Crippen LogP contribution is -2.11. The molecule has 0 saturated carbocycles. The summed E-state index contributed by atoms with van der Waals surface area (Å²) in [5.41, 5.74) is 8.47. The number of carbonyl (C=O) groups is 1. The average molecular weight is 248 g/mol. The van der Waals surface area contributed by atoms with E-state index in [2.05, 4.69) is 15.5 Å². The SMILES string of the molecule is Cc1ccc(NC(=O)c2nnc(N)s2)cc1C. The third kappa shape index (κ3) is 2.59. The van der Waals surface area contributed by atoms with Gasteiger partial charge in [0.2, 0.25) is 10.1 Å². The topological polar surface area (TPSA) is 80.9 Å². The predicted octanol–water partition coefficient (Wildman–Crippen LogP) is 1.99. The third-order valence-corrected chi connectivity index (χ3v) is 3.15. The van der Waals surface area contributed by atoms with Crippen LogP contribution in [0.25, 0.3) is 0 Å². The maximum absolute atomic E-state index is 11.8. The summed E-state index contributed by atoms with van der Waals surface area (Å²) < 4.78 is 0. The zero-order chi connectivity index (χ0) is 12.4. The Morgan fingerprint density at radius 1 is 1.29 bits per heavy atom. The van der Waals surface area contributed by atoms with Crippen molar-refractivity contribution in [2.24, 2.45) is 0 Å². The van der Waals surface area contributed by atoms with E-state index >= 15 is 0 Å². The van der Waals surface area contributed by atoms with E-state index in [0.29, 0.717) is 0 Å². The van der Waals surface area contributed by atoms with Gasteiger partial charge in [-0.1, -0.05) is 17.4 Å². The molecular weight excluding hydrogens is 236 g/mol. The number of hydrogen-bond acceptors (Lipinski definition) is 5. The second-order valence-corrected chi connectivity index (χ2v) is 4.71. The standard InChI is InChI=1S/C11H12N4OS/c1-6-3-4-8(5-7(6)2)13-9(16)10-14-15-11(12)17-10/h3-5H,1-2H3,(H2,12,15)(H,13,16). The van der Waals surface area contributed by atoms with Gasteiger partial charge in [-0.25, -0.2) is 0 Å². The molecule has 5 nitrogen and oxygen atoms in total. The van der Waals surface area contributed by atoms with Crippen LogP contribution in [0.15, 0.2) is 18.2 Å². The van der Waals surface area contributed by atoms with E-state index in [9.17, 15) is 4.79 Å². The number of benzene rings is 1. The van der Waals surface area contributed by atoms with Crippen molar-refractivity contribution < 1.29 is 4.79 Å². The minimum atomic E-state index is -0.289. The van der Waals surface area contributed by atoms with Crippen LogP contribution in [-0.4, -0.2) is 16.1 Å². The Bertz CT molecular complexity index is 564. The van der Waals surface area contributed by atoms with Crippen molar-refractivity contribution in [3.05, 3.63) is 34.3 Å². The highest BCUT2D eigenvalue weighted by atomic mass is 32.1. The van der Waals surface area contributed by atoms with Crippen LogP contribution in [0.1, 0.15) is 20.9 Å². The molecule has 0 atom stereocenters. The largest absolute Gasteiger partial charge is 0.374 e. The number of nitrogens with one attached hydrogen (secondary N) is 1. The number of nitrogens with two attached hydrogens (primary N) is 1. The zero-order valence-corrected chi connectivity index (χ0v) is 10.3. The van der Waals surface area contributed by atoms with Crippen LogP contribution in [0.3, 0.4) is 0 Å². The lowest BCUT2D eigenvalue weighted by atomic mass is 10.1. The maximum Gasteiger partial charge on any atom is 0.286 e. The lowest BCUT2D eigenvalue weighted by molar-refractivity contribution is 0.102. The molecule has 0 aliphatic carbocycles. The van der Waals surface area contributed by atoms with E-state index in [1.54, 1.807) is 0 Å². The summed E-state index contributed by atoms with van der Waals surface area (Å²) >= 11 is 1.07. The fraction of sp³-hybridized carbons (Fsp3) is 0.182. The van der Waals surface area contributed by atoms with Gasteiger partial charge in [-0.15, -0.1) is 10.2 Å². The van der Waals surface area contributed by atoms with Crippen LogP contribution in [0.4, 0.5) is 10.8 Å². The van der Waals surface area contributed by atoms with Crippen molar-refractivity contribution in [3.63, 3.8) is 0 Å². The number of hydrogen-bond donors (Lipinski definition) is 2.